The minimum Gasteiger partial charge on any atom is -0.328 e. The normalized spacial score (nSPS) is 33.8. The van der Waals surface area contributed by atoms with Gasteiger partial charge in [0.15, 0.2) is 0 Å². The quantitative estimate of drug-likeness (QED) is 0.676. The second-order valence-corrected chi connectivity index (χ2v) is 4.72. The number of hydrogen-bond acceptors (Lipinski definition) is 1. The smallest absolute Gasteiger partial charge is 0.00415 e. The molecule has 1 nitrogen and oxygen atoms in total. The molecule has 12 heavy (non-hydrogen) atoms. The lowest BCUT2D eigenvalue weighted by molar-refractivity contribution is 0.159. The minimum absolute atomic E-state index is 0.401. The Morgan fingerprint density at radius 3 is 1.83 bits per heavy atom. The van der Waals surface area contributed by atoms with Gasteiger partial charge in [0.2, 0.25) is 0 Å². The standard InChI is InChI=1S/C11H23N/c1-8(2)10-6-4-5-7-11(10)9(3)12/h8-11H,4-7,12H2,1-3H3. The van der Waals surface area contributed by atoms with Crippen molar-refractivity contribution in [2.75, 3.05) is 0 Å². The molecule has 0 aromatic heterocycles. The Balaban J connectivity index is 2.54. The van der Waals surface area contributed by atoms with Gasteiger partial charge in [0, 0.05) is 6.04 Å². The summed E-state index contributed by atoms with van der Waals surface area (Å²) in [6.07, 6.45) is 5.59. The molecule has 0 radical (unpaired) electrons. The van der Waals surface area contributed by atoms with Crippen LogP contribution in [0.5, 0.6) is 0 Å². The maximum Gasteiger partial charge on any atom is 0.00415 e. The van der Waals surface area contributed by atoms with E-state index in [1.54, 1.807) is 0 Å². The predicted octanol–water partition coefficient (Wildman–Crippen LogP) is 2.80. The predicted molar refractivity (Wildman–Crippen MR) is 53.9 cm³/mol. The Labute approximate surface area is 76.7 Å². The van der Waals surface area contributed by atoms with Gasteiger partial charge in [-0.3, -0.25) is 0 Å². The van der Waals surface area contributed by atoms with E-state index in [0.717, 1.165) is 17.8 Å². The van der Waals surface area contributed by atoms with E-state index in [4.69, 9.17) is 5.73 Å². The summed E-state index contributed by atoms with van der Waals surface area (Å²) in [6.45, 7) is 6.85. The van der Waals surface area contributed by atoms with Crippen LogP contribution in [0.4, 0.5) is 0 Å². The van der Waals surface area contributed by atoms with Crippen molar-refractivity contribution in [3.8, 4) is 0 Å². The van der Waals surface area contributed by atoms with Crippen LogP contribution in [0.15, 0.2) is 0 Å². The van der Waals surface area contributed by atoms with E-state index in [2.05, 4.69) is 20.8 Å². The van der Waals surface area contributed by atoms with Crippen molar-refractivity contribution in [3.05, 3.63) is 0 Å². The first kappa shape index (κ1) is 10.0. The van der Waals surface area contributed by atoms with Crippen LogP contribution in [0.2, 0.25) is 0 Å². The van der Waals surface area contributed by atoms with Crippen molar-refractivity contribution < 1.29 is 0 Å². The molecule has 0 amide bonds. The van der Waals surface area contributed by atoms with Gasteiger partial charge in [0.1, 0.15) is 0 Å². The van der Waals surface area contributed by atoms with Crippen molar-refractivity contribution in [2.45, 2.75) is 52.5 Å². The van der Waals surface area contributed by atoms with Crippen LogP contribution in [0.3, 0.4) is 0 Å². The zero-order valence-electron chi connectivity index (χ0n) is 8.72. The van der Waals surface area contributed by atoms with Crippen LogP contribution in [0.1, 0.15) is 46.5 Å². The molecule has 3 unspecified atom stereocenters. The van der Waals surface area contributed by atoms with E-state index >= 15 is 0 Å². The van der Waals surface area contributed by atoms with E-state index in [0.29, 0.717) is 6.04 Å². The van der Waals surface area contributed by atoms with Crippen LogP contribution in [0, 0.1) is 17.8 Å². The third-order valence-electron chi connectivity index (χ3n) is 3.41. The molecule has 72 valence electrons. The average molecular weight is 169 g/mol. The highest BCUT2D eigenvalue weighted by Crippen LogP contribution is 2.36. The first-order valence-corrected chi connectivity index (χ1v) is 5.38. The Morgan fingerprint density at radius 2 is 1.50 bits per heavy atom. The molecule has 2 N–H and O–H groups in total. The molecule has 1 aliphatic carbocycles. The van der Waals surface area contributed by atoms with Crippen molar-refractivity contribution in [1.29, 1.82) is 0 Å². The van der Waals surface area contributed by atoms with Gasteiger partial charge in [-0.15, -0.1) is 0 Å². The Hall–Kier alpha value is -0.0400. The fraction of sp³-hybridized carbons (Fsp3) is 1.00. The molecule has 1 rings (SSSR count). The van der Waals surface area contributed by atoms with Crippen molar-refractivity contribution in [2.24, 2.45) is 23.5 Å². The van der Waals surface area contributed by atoms with E-state index in [1.165, 1.54) is 25.7 Å². The maximum atomic E-state index is 6.00. The van der Waals surface area contributed by atoms with Gasteiger partial charge in [-0.1, -0.05) is 26.7 Å². The number of rotatable bonds is 2. The van der Waals surface area contributed by atoms with Gasteiger partial charge in [0.25, 0.3) is 0 Å². The summed E-state index contributed by atoms with van der Waals surface area (Å²) in [5.41, 5.74) is 6.00. The fourth-order valence-electron chi connectivity index (χ4n) is 2.67. The van der Waals surface area contributed by atoms with Crippen LogP contribution in [-0.2, 0) is 0 Å². The van der Waals surface area contributed by atoms with Crippen LogP contribution >= 0.6 is 0 Å². The summed E-state index contributed by atoms with van der Waals surface area (Å²) in [7, 11) is 0. The van der Waals surface area contributed by atoms with Gasteiger partial charge in [-0.05, 0) is 37.5 Å². The average Bonchev–Trinajstić information content (AvgIpc) is 2.04. The Kier molecular flexibility index (Phi) is 3.57. The molecule has 1 heteroatoms. The highest BCUT2D eigenvalue weighted by atomic mass is 14.6. The summed E-state index contributed by atoms with van der Waals surface area (Å²) in [4.78, 5) is 0. The molecule has 1 saturated carbocycles. The molecule has 1 fully saturated rings. The molecule has 1 aliphatic rings. The molecule has 0 bridgehead atoms. The topological polar surface area (TPSA) is 26.0 Å². The number of nitrogens with two attached hydrogens (primary N) is 1. The Morgan fingerprint density at radius 1 is 1.00 bits per heavy atom. The molecule has 0 aromatic carbocycles. The van der Waals surface area contributed by atoms with Crippen LogP contribution in [0.25, 0.3) is 0 Å². The molecule has 0 aromatic rings. The van der Waals surface area contributed by atoms with Crippen LogP contribution in [-0.4, -0.2) is 6.04 Å². The van der Waals surface area contributed by atoms with Gasteiger partial charge in [0.05, 0.1) is 0 Å². The van der Waals surface area contributed by atoms with Crippen molar-refractivity contribution in [3.63, 3.8) is 0 Å². The van der Waals surface area contributed by atoms with Gasteiger partial charge in [-0.2, -0.15) is 0 Å². The zero-order valence-corrected chi connectivity index (χ0v) is 8.72. The largest absolute Gasteiger partial charge is 0.328 e. The number of hydrogen-bond donors (Lipinski definition) is 1. The summed E-state index contributed by atoms with van der Waals surface area (Å²) >= 11 is 0. The zero-order chi connectivity index (χ0) is 9.14. The maximum absolute atomic E-state index is 6.00. The monoisotopic (exact) mass is 169 g/mol. The molecule has 0 aliphatic heterocycles. The van der Waals surface area contributed by atoms with E-state index < -0.39 is 0 Å². The summed E-state index contributed by atoms with van der Waals surface area (Å²) in [5.74, 6) is 2.50. The van der Waals surface area contributed by atoms with Crippen molar-refractivity contribution >= 4 is 0 Å². The third kappa shape index (κ3) is 2.22. The fourth-order valence-corrected chi connectivity index (χ4v) is 2.67. The lowest BCUT2D eigenvalue weighted by atomic mass is 9.71. The summed E-state index contributed by atoms with van der Waals surface area (Å²) in [5, 5.41) is 0. The van der Waals surface area contributed by atoms with E-state index in [1.807, 2.05) is 0 Å². The molecular formula is C11H23N. The first-order chi connectivity index (χ1) is 5.63. The van der Waals surface area contributed by atoms with Gasteiger partial charge >= 0.3 is 0 Å². The molecule has 0 spiro atoms. The second kappa shape index (κ2) is 4.27. The first-order valence-electron chi connectivity index (χ1n) is 5.38. The SMILES string of the molecule is CC(C)C1CCCCC1C(C)N. The lowest BCUT2D eigenvalue weighted by Crippen LogP contribution is -2.36. The second-order valence-electron chi connectivity index (χ2n) is 4.72. The van der Waals surface area contributed by atoms with Crippen LogP contribution < -0.4 is 5.73 Å². The Bertz CT molecular complexity index is 113. The van der Waals surface area contributed by atoms with Gasteiger partial charge < -0.3 is 5.73 Å². The van der Waals surface area contributed by atoms with E-state index in [9.17, 15) is 0 Å². The van der Waals surface area contributed by atoms with E-state index in [-0.39, 0.29) is 0 Å². The molecule has 0 saturated heterocycles. The van der Waals surface area contributed by atoms with Crippen molar-refractivity contribution in [1.82, 2.24) is 0 Å². The highest BCUT2D eigenvalue weighted by Gasteiger charge is 2.29. The highest BCUT2D eigenvalue weighted by molar-refractivity contribution is 4.82. The summed E-state index contributed by atoms with van der Waals surface area (Å²) < 4.78 is 0. The minimum atomic E-state index is 0.401. The molecule has 0 heterocycles. The third-order valence-corrected chi connectivity index (χ3v) is 3.41. The molecular weight excluding hydrogens is 146 g/mol. The molecule has 3 atom stereocenters. The lowest BCUT2D eigenvalue weighted by Gasteiger charge is -2.36. The van der Waals surface area contributed by atoms with Gasteiger partial charge in [-0.25, -0.2) is 0 Å². The summed E-state index contributed by atoms with van der Waals surface area (Å²) in [6, 6.07) is 0.401.